The molecule has 216 valence electrons. The van der Waals surface area contributed by atoms with E-state index in [4.69, 9.17) is 4.74 Å². The monoisotopic (exact) mass is 666 g/mol. The molecule has 4 aromatic rings. The first-order valence-corrected chi connectivity index (χ1v) is 14.0. The van der Waals surface area contributed by atoms with E-state index in [0.717, 1.165) is 16.3 Å². The van der Waals surface area contributed by atoms with E-state index in [1.54, 1.807) is 17.1 Å². The Morgan fingerprint density at radius 2 is 1.68 bits per heavy atom. The summed E-state index contributed by atoms with van der Waals surface area (Å²) in [6.07, 6.45) is 5.07. The van der Waals surface area contributed by atoms with Crippen LogP contribution in [0.5, 0.6) is 0 Å². The SMILES string of the molecule is C[C@H](c1cccc2ccccc12)N(C[C@H]1CN(C(=O)n2cc[n+](C)c2)C[C@@H]1c1ccccc1)C(=O)OC(C)(C)C.[I-]. The molecule has 0 spiro atoms. The molecule has 1 saturated heterocycles. The van der Waals surface area contributed by atoms with E-state index in [2.05, 4.69) is 43.3 Å². The molecule has 5 rings (SSSR count). The minimum atomic E-state index is -0.631. The van der Waals surface area contributed by atoms with Crippen molar-refractivity contribution in [1.82, 2.24) is 14.4 Å². The Bertz CT molecular complexity index is 1490. The van der Waals surface area contributed by atoms with E-state index in [1.165, 1.54) is 5.56 Å². The number of aryl methyl sites for hydroxylation is 1. The van der Waals surface area contributed by atoms with Gasteiger partial charge in [0.05, 0.1) is 13.1 Å². The Hall–Kier alpha value is -3.40. The molecule has 7 nitrogen and oxygen atoms in total. The van der Waals surface area contributed by atoms with Crippen LogP contribution in [0.1, 0.15) is 50.8 Å². The molecule has 1 aliphatic heterocycles. The minimum absolute atomic E-state index is 0. The molecular formula is C33H39IN4O3. The molecule has 0 unspecified atom stereocenters. The van der Waals surface area contributed by atoms with Gasteiger partial charge in [0, 0.05) is 31.5 Å². The van der Waals surface area contributed by atoms with Crippen LogP contribution in [-0.4, -0.2) is 51.7 Å². The average molecular weight is 667 g/mol. The van der Waals surface area contributed by atoms with Gasteiger partial charge in [0.25, 0.3) is 6.33 Å². The zero-order valence-corrected chi connectivity index (χ0v) is 26.6. The number of imidazole rings is 1. The first kappa shape index (κ1) is 30.6. The standard InChI is InChI=1S/C33H39N4O3.HI/c1-24(28-17-11-15-25-14-9-10-16-29(25)28)37(32(39)40-33(2,3)4)21-27-20-36(31(38)35-19-18-34(5)23-35)22-30(27)26-12-7-6-8-13-26;/h6-19,23-24,27,30H,20-22H2,1-5H3;1H/q+1;/p-1/t24-,27-,30-;/m1./s1. The summed E-state index contributed by atoms with van der Waals surface area (Å²) in [6.45, 7) is 9.34. The second-order valence-electron chi connectivity index (χ2n) is 11.8. The van der Waals surface area contributed by atoms with E-state index in [1.807, 2.05) is 84.8 Å². The third-order valence-corrected chi connectivity index (χ3v) is 7.73. The molecule has 0 N–H and O–H groups in total. The molecule has 2 amide bonds. The number of halogens is 1. The van der Waals surface area contributed by atoms with Crippen molar-refractivity contribution < 1.29 is 42.9 Å². The number of hydrogen-bond donors (Lipinski definition) is 0. The predicted molar refractivity (Wildman–Crippen MR) is 156 cm³/mol. The van der Waals surface area contributed by atoms with Gasteiger partial charge in [-0.1, -0.05) is 72.8 Å². The van der Waals surface area contributed by atoms with Crippen molar-refractivity contribution in [2.24, 2.45) is 13.0 Å². The highest BCUT2D eigenvalue weighted by molar-refractivity contribution is 5.86. The smallest absolute Gasteiger partial charge is 0.415 e. The minimum Gasteiger partial charge on any atom is -1.00 e. The molecule has 1 aliphatic rings. The number of benzene rings is 3. The number of amides is 2. The number of likely N-dealkylation sites (tertiary alicyclic amines) is 1. The number of carbonyl (C=O) groups is 2. The Morgan fingerprint density at radius 1 is 1.00 bits per heavy atom. The number of hydrogen-bond acceptors (Lipinski definition) is 3. The van der Waals surface area contributed by atoms with Gasteiger partial charge in [0.15, 0.2) is 0 Å². The highest BCUT2D eigenvalue weighted by Gasteiger charge is 2.41. The molecule has 1 aromatic heterocycles. The van der Waals surface area contributed by atoms with E-state index in [-0.39, 0.29) is 54.0 Å². The van der Waals surface area contributed by atoms with Crippen LogP contribution in [-0.2, 0) is 11.8 Å². The lowest BCUT2D eigenvalue weighted by molar-refractivity contribution is -0.670. The number of carbonyl (C=O) groups excluding carboxylic acids is 2. The normalized spacial score (nSPS) is 17.6. The van der Waals surface area contributed by atoms with Crippen molar-refractivity contribution in [2.75, 3.05) is 19.6 Å². The fourth-order valence-corrected chi connectivity index (χ4v) is 5.76. The molecule has 3 aromatic carbocycles. The third kappa shape index (κ3) is 6.92. The van der Waals surface area contributed by atoms with E-state index >= 15 is 0 Å². The van der Waals surface area contributed by atoms with Crippen LogP contribution in [0.15, 0.2) is 91.5 Å². The van der Waals surface area contributed by atoms with Crippen LogP contribution in [0.25, 0.3) is 10.8 Å². The Balaban J connectivity index is 0.00000387. The largest absolute Gasteiger partial charge is 1.00 e. The number of aromatic nitrogens is 2. The predicted octanol–water partition coefficient (Wildman–Crippen LogP) is 3.15. The Labute approximate surface area is 259 Å². The van der Waals surface area contributed by atoms with Crippen molar-refractivity contribution in [1.29, 1.82) is 0 Å². The number of ether oxygens (including phenoxy) is 1. The molecule has 0 bridgehead atoms. The van der Waals surface area contributed by atoms with Gasteiger partial charge in [0.1, 0.15) is 18.0 Å². The van der Waals surface area contributed by atoms with Crippen molar-refractivity contribution in [3.8, 4) is 0 Å². The summed E-state index contributed by atoms with van der Waals surface area (Å²) in [4.78, 5) is 31.0. The van der Waals surface area contributed by atoms with Crippen LogP contribution in [0.2, 0.25) is 0 Å². The first-order valence-electron chi connectivity index (χ1n) is 14.0. The quantitative estimate of drug-likeness (QED) is 0.243. The fraction of sp³-hybridized carbons (Fsp3) is 0.364. The van der Waals surface area contributed by atoms with E-state index in [0.29, 0.717) is 19.6 Å². The van der Waals surface area contributed by atoms with Gasteiger partial charge in [0.2, 0.25) is 0 Å². The van der Waals surface area contributed by atoms with Crippen molar-refractivity contribution in [3.63, 3.8) is 0 Å². The molecule has 8 heteroatoms. The topological polar surface area (TPSA) is 58.7 Å². The van der Waals surface area contributed by atoms with Crippen molar-refractivity contribution >= 4 is 22.9 Å². The molecule has 3 atom stereocenters. The Kier molecular flexibility index (Phi) is 9.41. The van der Waals surface area contributed by atoms with Gasteiger partial charge >= 0.3 is 12.1 Å². The Morgan fingerprint density at radius 3 is 2.37 bits per heavy atom. The summed E-state index contributed by atoms with van der Waals surface area (Å²) < 4.78 is 9.43. The van der Waals surface area contributed by atoms with Gasteiger partial charge in [-0.15, -0.1) is 0 Å². The van der Waals surface area contributed by atoms with Gasteiger partial charge in [-0.05, 0) is 49.6 Å². The molecule has 41 heavy (non-hydrogen) atoms. The van der Waals surface area contributed by atoms with E-state index in [9.17, 15) is 9.59 Å². The van der Waals surface area contributed by atoms with E-state index < -0.39 is 5.60 Å². The third-order valence-electron chi connectivity index (χ3n) is 7.73. The van der Waals surface area contributed by atoms with Crippen LogP contribution in [0, 0.1) is 5.92 Å². The molecule has 0 aliphatic carbocycles. The summed E-state index contributed by atoms with van der Waals surface area (Å²) in [7, 11) is 1.90. The molecule has 0 saturated carbocycles. The molecule has 0 radical (unpaired) electrons. The number of nitrogens with zero attached hydrogens (tertiary/aromatic N) is 4. The van der Waals surface area contributed by atoms with Crippen molar-refractivity contribution in [2.45, 2.75) is 45.3 Å². The van der Waals surface area contributed by atoms with Gasteiger partial charge in [-0.3, -0.25) is 0 Å². The molecular weight excluding hydrogens is 627 g/mol. The van der Waals surface area contributed by atoms with Gasteiger partial charge < -0.3 is 38.5 Å². The lowest BCUT2D eigenvalue weighted by atomic mass is 9.88. The summed E-state index contributed by atoms with van der Waals surface area (Å²) in [5.41, 5.74) is 1.61. The van der Waals surface area contributed by atoms with Crippen LogP contribution in [0.4, 0.5) is 9.59 Å². The summed E-state index contributed by atoms with van der Waals surface area (Å²) in [5, 5.41) is 2.25. The number of fused-ring (bicyclic) bond motifs is 1. The zero-order chi connectivity index (χ0) is 28.4. The summed E-state index contributed by atoms with van der Waals surface area (Å²) in [6, 6.07) is 24.5. The van der Waals surface area contributed by atoms with Crippen LogP contribution in [0.3, 0.4) is 0 Å². The zero-order valence-electron chi connectivity index (χ0n) is 24.4. The van der Waals surface area contributed by atoms with Crippen LogP contribution >= 0.6 is 0 Å². The number of rotatable bonds is 5. The second-order valence-corrected chi connectivity index (χ2v) is 11.8. The lowest BCUT2D eigenvalue weighted by Crippen LogP contribution is -3.00. The second kappa shape index (κ2) is 12.6. The highest BCUT2D eigenvalue weighted by Crippen LogP contribution is 2.37. The fourth-order valence-electron chi connectivity index (χ4n) is 5.76. The van der Waals surface area contributed by atoms with Crippen molar-refractivity contribution in [3.05, 3.63) is 103 Å². The average Bonchev–Trinajstić information content (AvgIpc) is 3.56. The molecule has 2 heterocycles. The maximum absolute atomic E-state index is 13.8. The lowest BCUT2D eigenvalue weighted by Gasteiger charge is -2.35. The maximum Gasteiger partial charge on any atom is 0.415 e. The maximum atomic E-state index is 13.8. The van der Waals surface area contributed by atoms with Gasteiger partial charge in [-0.25, -0.2) is 14.2 Å². The molecule has 1 fully saturated rings. The summed E-state index contributed by atoms with van der Waals surface area (Å²) in [5.74, 6) is 0.111. The van der Waals surface area contributed by atoms with Gasteiger partial charge in [-0.2, -0.15) is 4.57 Å². The highest BCUT2D eigenvalue weighted by atomic mass is 127. The van der Waals surface area contributed by atoms with Crippen LogP contribution < -0.4 is 28.5 Å². The summed E-state index contributed by atoms with van der Waals surface area (Å²) >= 11 is 0. The first-order chi connectivity index (χ1) is 19.1.